The van der Waals surface area contributed by atoms with Crippen molar-refractivity contribution in [3.63, 3.8) is 0 Å². The van der Waals surface area contributed by atoms with Crippen molar-refractivity contribution in [1.82, 2.24) is 20.5 Å². The summed E-state index contributed by atoms with van der Waals surface area (Å²) in [5, 5.41) is 11.0. The minimum absolute atomic E-state index is 0.744. The lowest BCUT2D eigenvalue weighted by Crippen LogP contribution is -2.35. The van der Waals surface area contributed by atoms with Crippen molar-refractivity contribution in [1.29, 1.82) is 0 Å². The van der Waals surface area contributed by atoms with E-state index in [1.807, 2.05) is 6.92 Å². The van der Waals surface area contributed by atoms with Gasteiger partial charge in [0.1, 0.15) is 11.4 Å². The van der Waals surface area contributed by atoms with Crippen molar-refractivity contribution in [3.05, 3.63) is 11.4 Å². The lowest BCUT2D eigenvalue weighted by atomic mass is 10.2. The molecule has 1 aliphatic carbocycles. The molecule has 1 aromatic rings. The Hall–Kier alpha value is -0.940. The fourth-order valence-electron chi connectivity index (χ4n) is 2.40. The Morgan fingerprint density at radius 1 is 1.35 bits per heavy atom. The summed E-state index contributed by atoms with van der Waals surface area (Å²) in [5.41, 5.74) is 1.79. The van der Waals surface area contributed by atoms with Gasteiger partial charge in [-0.2, -0.15) is 0 Å². The standard InChI is InChI=1S/C12H22N4O/c1-10-12(15-17-14-10)9-13-7-8-16(2)11-5-3-4-6-11/h11,13H,3-9H2,1-2H3. The van der Waals surface area contributed by atoms with Crippen LogP contribution in [0.2, 0.25) is 0 Å². The van der Waals surface area contributed by atoms with E-state index in [-0.39, 0.29) is 0 Å². The largest absolute Gasteiger partial charge is 0.310 e. The number of nitrogens with one attached hydrogen (secondary N) is 1. The smallest absolute Gasteiger partial charge is 0.121 e. The van der Waals surface area contributed by atoms with Crippen LogP contribution in [-0.2, 0) is 6.54 Å². The van der Waals surface area contributed by atoms with Crippen molar-refractivity contribution in [3.8, 4) is 0 Å². The first-order valence-corrected chi connectivity index (χ1v) is 6.46. The summed E-state index contributed by atoms with van der Waals surface area (Å²) in [6, 6.07) is 0.798. The zero-order valence-corrected chi connectivity index (χ0v) is 10.8. The Kier molecular flexibility index (Phi) is 4.50. The van der Waals surface area contributed by atoms with Crippen LogP contribution >= 0.6 is 0 Å². The number of likely N-dealkylation sites (N-methyl/N-ethyl adjacent to an activating group) is 1. The summed E-state index contributed by atoms with van der Waals surface area (Å²) in [5.74, 6) is 0. The van der Waals surface area contributed by atoms with E-state index in [2.05, 4.69) is 32.2 Å². The van der Waals surface area contributed by atoms with Gasteiger partial charge in [-0.1, -0.05) is 23.2 Å². The Morgan fingerprint density at radius 2 is 2.12 bits per heavy atom. The molecule has 0 aliphatic heterocycles. The lowest BCUT2D eigenvalue weighted by molar-refractivity contribution is 0.245. The molecule has 1 aliphatic rings. The number of nitrogens with zero attached hydrogens (tertiary/aromatic N) is 3. The first kappa shape index (κ1) is 12.5. The first-order valence-electron chi connectivity index (χ1n) is 6.46. The van der Waals surface area contributed by atoms with Gasteiger partial charge in [-0.15, -0.1) is 0 Å². The van der Waals surface area contributed by atoms with Crippen LogP contribution in [0.4, 0.5) is 0 Å². The van der Waals surface area contributed by atoms with Gasteiger partial charge in [0.15, 0.2) is 0 Å². The summed E-state index contributed by atoms with van der Waals surface area (Å²) in [6.07, 6.45) is 5.52. The van der Waals surface area contributed by atoms with Crippen LogP contribution in [0.1, 0.15) is 37.1 Å². The number of aromatic nitrogens is 2. The average Bonchev–Trinajstić information content (AvgIpc) is 2.96. The molecule has 96 valence electrons. The maximum Gasteiger partial charge on any atom is 0.121 e. The molecule has 17 heavy (non-hydrogen) atoms. The van der Waals surface area contributed by atoms with Crippen LogP contribution in [0.25, 0.3) is 0 Å². The molecule has 5 nitrogen and oxygen atoms in total. The molecular weight excluding hydrogens is 216 g/mol. The molecule has 1 saturated carbocycles. The molecule has 2 rings (SSSR count). The maximum atomic E-state index is 4.65. The average molecular weight is 238 g/mol. The molecule has 1 N–H and O–H groups in total. The molecule has 1 fully saturated rings. The van der Waals surface area contributed by atoms with Gasteiger partial charge in [0.25, 0.3) is 0 Å². The summed E-state index contributed by atoms with van der Waals surface area (Å²) < 4.78 is 4.65. The van der Waals surface area contributed by atoms with E-state index in [0.717, 1.165) is 37.1 Å². The molecular formula is C12H22N4O. The molecule has 0 saturated heterocycles. The normalized spacial score (nSPS) is 17.1. The van der Waals surface area contributed by atoms with Gasteiger partial charge in [-0.25, -0.2) is 4.63 Å². The van der Waals surface area contributed by atoms with Crippen molar-refractivity contribution in [2.45, 2.75) is 45.2 Å². The van der Waals surface area contributed by atoms with Gasteiger partial charge in [0, 0.05) is 25.7 Å². The summed E-state index contributed by atoms with van der Waals surface area (Å²) >= 11 is 0. The third kappa shape index (κ3) is 3.51. The number of rotatable bonds is 6. The minimum atomic E-state index is 0.744. The molecule has 0 amide bonds. The molecule has 0 radical (unpaired) electrons. The van der Waals surface area contributed by atoms with Crippen LogP contribution in [0.3, 0.4) is 0 Å². The Balaban J connectivity index is 1.61. The second kappa shape index (κ2) is 6.12. The van der Waals surface area contributed by atoms with E-state index < -0.39 is 0 Å². The topological polar surface area (TPSA) is 54.2 Å². The lowest BCUT2D eigenvalue weighted by Gasteiger charge is -2.23. The third-order valence-corrected chi connectivity index (χ3v) is 3.63. The van der Waals surface area contributed by atoms with Crippen molar-refractivity contribution >= 4 is 0 Å². The Labute approximate surface area is 103 Å². The van der Waals surface area contributed by atoms with Gasteiger partial charge >= 0.3 is 0 Å². The Morgan fingerprint density at radius 3 is 2.76 bits per heavy atom. The van der Waals surface area contributed by atoms with Gasteiger partial charge in [-0.05, 0) is 26.8 Å². The van der Waals surface area contributed by atoms with E-state index in [4.69, 9.17) is 0 Å². The van der Waals surface area contributed by atoms with Crippen LogP contribution in [0, 0.1) is 6.92 Å². The van der Waals surface area contributed by atoms with Crippen molar-refractivity contribution in [2.24, 2.45) is 0 Å². The fraction of sp³-hybridized carbons (Fsp3) is 0.833. The predicted molar refractivity (Wildman–Crippen MR) is 65.6 cm³/mol. The summed E-state index contributed by atoms with van der Waals surface area (Å²) in [7, 11) is 2.22. The second-order valence-corrected chi connectivity index (χ2v) is 4.89. The van der Waals surface area contributed by atoms with E-state index in [1.54, 1.807) is 0 Å². The van der Waals surface area contributed by atoms with E-state index in [1.165, 1.54) is 25.7 Å². The van der Waals surface area contributed by atoms with Crippen LogP contribution < -0.4 is 5.32 Å². The Bertz CT molecular complexity index is 333. The zero-order chi connectivity index (χ0) is 12.1. The number of aryl methyl sites for hydroxylation is 1. The fourth-order valence-corrected chi connectivity index (χ4v) is 2.40. The highest BCUT2D eigenvalue weighted by atomic mass is 16.6. The monoisotopic (exact) mass is 238 g/mol. The third-order valence-electron chi connectivity index (χ3n) is 3.63. The zero-order valence-electron chi connectivity index (χ0n) is 10.8. The molecule has 0 spiro atoms. The quantitative estimate of drug-likeness (QED) is 0.758. The van der Waals surface area contributed by atoms with Gasteiger partial charge in [-0.3, -0.25) is 0 Å². The highest BCUT2D eigenvalue weighted by molar-refractivity contribution is 5.03. The minimum Gasteiger partial charge on any atom is -0.310 e. The molecule has 1 aromatic heterocycles. The van der Waals surface area contributed by atoms with Gasteiger partial charge in [0.05, 0.1) is 0 Å². The van der Waals surface area contributed by atoms with Crippen LogP contribution in [-0.4, -0.2) is 41.4 Å². The van der Waals surface area contributed by atoms with Crippen LogP contribution in [0.15, 0.2) is 4.63 Å². The molecule has 1 heterocycles. The van der Waals surface area contributed by atoms with E-state index in [0.29, 0.717) is 0 Å². The van der Waals surface area contributed by atoms with Crippen LogP contribution in [0.5, 0.6) is 0 Å². The maximum absolute atomic E-state index is 4.65. The molecule has 0 unspecified atom stereocenters. The highest BCUT2D eigenvalue weighted by Crippen LogP contribution is 2.21. The molecule has 5 heteroatoms. The molecule has 0 bridgehead atoms. The van der Waals surface area contributed by atoms with E-state index in [9.17, 15) is 0 Å². The van der Waals surface area contributed by atoms with Gasteiger partial charge in [0.2, 0.25) is 0 Å². The number of hydrogen-bond acceptors (Lipinski definition) is 5. The first-order chi connectivity index (χ1) is 8.27. The van der Waals surface area contributed by atoms with E-state index >= 15 is 0 Å². The molecule has 0 atom stereocenters. The number of hydrogen-bond donors (Lipinski definition) is 1. The highest BCUT2D eigenvalue weighted by Gasteiger charge is 2.18. The van der Waals surface area contributed by atoms with Crippen molar-refractivity contribution < 1.29 is 4.63 Å². The second-order valence-electron chi connectivity index (χ2n) is 4.89. The SMILES string of the molecule is Cc1nonc1CNCCN(C)C1CCCC1. The summed E-state index contributed by atoms with van der Waals surface area (Å²) in [4.78, 5) is 2.47. The molecule has 0 aromatic carbocycles. The predicted octanol–water partition coefficient (Wildman–Crippen LogP) is 1.34. The van der Waals surface area contributed by atoms with Crippen molar-refractivity contribution in [2.75, 3.05) is 20.1 Å². The summed E-state index contributed by atoms with van der Waals surface area (Å²) in [6.45, 7) is 4.74. The van der Waals surface area contributed by atoms with Gasteiger partial charge < -0.3 is 10.2 Å².